The first kappa shape index (κ1) is 15.5. The van der Waals surface area contributed by atoms with Gasteiger partial charge in [0.05, 0.1) is 12.6 Å². The predicted molar refractivity (Wildman–Crippen MR) is 77.7 cm³/mol. The van der Waals surface area contributed by atoms with Crippen LogP contribution in [0.2, 0.25) is 0 Å². The summed E-state index contributed by atoms with van der Waals surface area (Å²) in [5.41, 5.74) is 1.35. The molecule has 0 spiro atoms. The Bertz CT molecular complexity index is 515. The van der Waals surface area contributed by atoms with Crippen LogP contribution in [0.3, 0.4) is 0 Å². The van der Waals surface area contributed by atoms with E-state index in [0.29, 0.717) is 24.4 Å². The van der Waals surface area contributed by atoms with Gasteiger partial charge in [-0.15, -0.1) is 0 Å². The molecule has 0 radical (unpaired) electrons. The van der Waals surface area contributed by atoms with Crippen LogP contribution in [0.4, 0.5) is 5.69 Å². The van der Waals surface area contributed by atoms with Crippen LogP contribution in [0.1, 0.15) is 25.5 Å². The highest BCUT2D eigenvalue weighted by Crippen LogP contribution is 2.25. The number of anilines is 1. The lowest BCUT2D eigenvalue weighted by Crippen LogP contribution is -2.51. The molecule has 21 heavy (non-hydrogen) atoms. The van der Waals surface area contributed by atoms with Crippen LogP contribution >= 0.6 is 0 Å². The van der Waals surface area contributed by atoms with E-state index in [0.717, 1.165) is 0 Å². The van der Waals surface area contributed by atoms with Gasteiger partial charge in [0.1, 0.15) is 12.7 Å². The third-order valence-corrected chi connectivity index (χ3v) is 3.51. The molecule has 1 saturated heterocycles. The maximum Gasteiger partial charge on any atom is 0.248 e. The smallest absolute Gasteiger partial charge is 0.248 e. The van der Waals surface area contributed by atoms with Gasteiger partial charge in [0.2, 0.25) is 11.8 Å². The summed E-state index contributed by atoms with van der Waals surface area (Å²) in [4.78, 5) is 24.4. The molecule has 114 valence electrons. The summed E-state index contributed by atoms with van der Waals surface area (Å²) in [6.07, 6.45) is -0.819. The monoisotopic (exact) mass is 292 g/mol. The third-order valence-electron chi connectivity index (χ3n) is 3.51. The molecule has 0 aliphatic carbocycles. The molecule has 1 aromatic rings. The summed E-state index contributed by atoms with van der Waals surface area (Å²) in [5.74, 6) is -0.255. The van der Waals surface area contributed by atoms with Gasteiger partial charge in [-0.3, -0.25) is 9.59 Å². The maximum atomic E-state index is 11.8. The van der Waals surface area contributed by atoms with Crippen molar-refractivity contribution in [3.05, 3.63) is 29.8 Å². The Morgan fingerprint density at radius 3 is 2.71 bits per heavy atom. The Kier molecular flexibility index (Phi) is 4.93. The van der Waals surface area contributed by atoms with Crippen molar-refractivity contribution in [2.75, 3.05) is 25.1 Å². The quantitative estimate of drug-likeness (QED) is 0.865. The number of nitrogens with one attached hydrogen (secondary N) is 1. The summed E-state index contributed by atoms with van der Waals surface area (Å²) < 4.78 is 5.24. The summed E-state index contributed by atoms with van der Waals surface area (Å²) in [6.45, 7) is 4.23. The first-order chi connectivity index (χ1) is 10.0. The maximum absolute atomic E-state index is 11.8. The number of hydrogen-bond acceptors (Lipinski definition) is 4. The van der Waals surface area contributed by atoms with E-state index in [1.165, 1.54) is 6.92 Å². The van der Waals surface area contributed by atoms with E-state index in [-0.39, 0.29) is 24.5 Å². The molecule has 1 fully saturated rings. The number of amides is 2. The number of carbonyl (C=O) groups is 2. The molecule has 2 atom stereocenters. The molecule has 1 aliphatic heterocycles. The fraction of sp³-hybridized carbons (Fsp3) is 0.467. The average Bonchev–Trinajstić information content (AvgIpc) is 2.46. The largest absolute Gasteiger partial charge is 0.386 e. The number of carbonyl (C=O) groups excluding carboxylic acids is 2. The van der Waals surface area contributed by atoms with Crippen LogP contribution in [0, 0.1) is 0 Å². The standard InChI is InChI=1S/C15H20N2O4/c1-3-17-13(8-21-9-14(17)19)15(20)11-4-6-12(7-5-11)16-10(2)18/h4-7,13,15,20H,3,8-9H2,1-2H3,(H,16,18)/t13-,15-/m1/s1. The number of rotatable bonds is 4. The number of aliphatic hydroxyl groups excluding tert-OH is 1. The van der Waals surface area contributed by atoms with Crippen molar-refractivity contribution in [2.24, 2.45) is 0 Å². The minimum atomic E-state index is -0.819. The fourth-order valence-corrected chi connectivity index (χ4v) is 2.49. The molecule has 6 heteroatoms. The minimum absolute atomic E-state index is 0.0680. The first-order valence-corrected chi connectivity index (χ1v) is 6.95. The van der Waals surface area contributed by atoms with E-state index in [2.05, 4.69) is 5.32 Å². The van der Waals surface area contributed by atoms with Crippen molar-refractivity contribution < 1.29 is 19.4 Å². The van der Waals surface area contributed by atoms with E-state index in [1.54, 1.807) is 29.2 Å². The van der Waals surface area contributed by atoms with Gasteiger partial charge in [-0.25, -0.2) is 0 Å². The molecule has 0 bridgehead atoms. The van der Waals surface area contributed by atoms with Gasteiger partial charge < -0.3 is 20.1 Å². The number of ether oxygens (including phenoxy) is 1. The van der Waals surface area contributed by atoms with Gasteiger partial charge in [-0.1, -0.05) is 12.1 Å². The number of morpholine rings is 1. The SMILES string of the molecule is CCN1C(=O)COC[C@@H]1[C@H](O)c1ccc(NC(C)=O)cc1. The molecular formula is C15H20N2O4. The van der Waals surface area contributed by atoms with Gasteiger partial charge in [0, 0.05) is 19.2 Å². The molecule has 2 amide bonds. The molecule has 1 heterocycles. The average molecular weight is 292 g/mol. The van der Waals surface area contributed by atoms with Crippen molar-refractivity contribution in [1.82, 2.24) is 4.90 Å². The molecule has 1 aromatic carbocycles. The molecular weight excluding hydrogens is 272 g/mol. The van der Waals surface area contributed by atoms with Crippen molar-refractivity contribution in [1.29, 1.82) is 0 Å². The Morgan fingerprint density at radius 1 is 1.48 bits per heavy atom. The highest BCUT2D eigenvalue weighted by atomic mass is 16.5. The zero-order valence-electron chi connectivity index (χ0n) is 12.2. The highest BCUT2D eigenvalue weighted by Gasteiger charge is 2.33. The zero-order chi connectivity index (χ0) is 15.4. The van der Waals surface area contributed by atoms with Crippen molar-refractivity contribution in [2.45, 2.75) is 26.0 Å². The van der Waals surface area contributed by atoms with Gasteiger partial charge in [0.15, 0.2) is 0 Å². The van der Waals surface area contributed by atoms with E-state index >= 15 is 0 Å². The lowest BCUT2D eigenvalue weighted by molar-refractivity contribution is -0.153. The highest BCUT2D eigenvalue weighted by molar-refractivity contribution is 5.88. The molecule has 0 saturated carbocycles. The topological polar surface area (TPSA) is 78.9 Å². The van der Waals surface area contributed by atoms with E-state index in [4.69, 9.17) is 4.74 Å². The van der Waals surface area contributed by atoms with Gasteiger partial charge >= 0.3 is 0 Å². The molecule has 1 aliphatic rings. The zero-order valence-corrected chi connectivity index (χ0v) is 12.2. The van der Waals surface area contributed by atoms with Gasteiger partial charge in [0.25, 0.3) is 0 Å². The van der Waals surface area contributed by atoms with Crippen LogP contribution in [-0.2, 0) is 14.3 Å². The second-order valence-corrected chi connectivity index (χ2v) is 5.01. The number of likely N-dealkylation sites (N-methyl/N-ethyl adjacent to an activating group) is 1. The van der Waals surface area contributed by atoms with Gasteiger partial charge in [-0.2, -0.15) is 0 Å². The second kappa shape index (κ2) is 6.69. The molecule has 2 N–H and O–H groups in total. The number of nitrogens with zero attached hydrogens (tertiary/aromatic N) is 1. The second-order valence-electron chi connectivity index (χ2n) is 5.01. The van der Waals surface area contributed by atoms with Crippen LogP contribution in [-0.4, -0.2) is 47.6 Å². The van der Waals surface area contributed by atoms with Crippen molar-refractivity contribution in [3.8, 4) is 0 Å². The Balaban J connectivity index is 2.12. The lowest BCUT2D eigenvalue weighted by atomic mass is 10.00. The summed E-state index contributed by atoms with van der Waals surface area (Å²) in [6, 6.07) is 6.54. The summed E-state index contributed by atoms with van der Waals surface area (Å²) >= 11 is 0. The van der Waals surface area contributed by atoms with Crippen LogP contribution in [0.5, 0.6) is 0 Å². The number of benzene rings is 1. The Morgan fingerprint density at radius 2 is 2.14 bits per heavy atom. The Labute approximate surface area is 123 Å². The van der Waals surface area contributed by atoms with Crippen LogP contribution in [0.25, 0.3) is 0 Å². The molecule has 0 aromatic heterocycles. The fourth-order valence-electron chi connectivity index (χ4n) is 2.49. The number of aliphatic hydroxyl groups is 1. The van der Waals surface area contributed by atoms with E-state index < -0.39 is 6.10 Å². The van der Waals surface area contributed by atoms with E-state index in [1.807, 2.05) is 6.92 Å². The summed E-state index contributed by atoms with van der Waals surface area (Å²) in [7, 11) is 0. The number of hydrogen-bond donors (Lipinski definition) is 2. The Hall–Kier alpha value is -1.92. The normalized spacial score (nSPS) is 20.2. The van der Waals surface area contributed by atoms with Crippen LogP contribution in [0.15, 0.2) is 24.3 Å². The third kappa shape index (κ3) is 3.59. The lowest BCUT2D eigenvalue weighted by Gasteiger charge is -2.37. The van der Waals surface area contributed by atoms with Crippen molar-refractivity contribution >= 4 is 17.5 Å². The predicted octanol–water partition coefficient (Wildman–Crippen LogP) is 0.926. The molecule has 0 unspecified atom stereocenters. The van der Waals surface area contributed by atoms with E-state index in [9.17, 15) is 14.7 Å². The molecule has 2 rings (SSSR count). The van der Waals surface area contributed by atoms with Gasteiger partial charge in [-0.05, 0) is 24.6 Å². The van der Waals surface area contributed by atoms with Crippen molar-refractivity contribution in [3.63, 3.8) is 0 Å². The first-order valence-electron chi connectivity index (χ1n) is 6.95. The minimum Gasteiger partial charge on any atom is -0.386 e. The van der Waals surface area contributed by atoms with Crippen LogP contribution < -0.4 is 5.32 Å². The molecule has 6 nitrogen and oxygen atoms in total. The summed E-state index contributed by atoms with van der Waals surface area (Å²) in [5, 5.41) is 13.1.